The van der Waals surface area contributed by atoms with E-state index in [1.807, 2.05) is 35.7 Å². The van der Waals surface area contributed by atoms with Crippen LogP contribution in [0.3, 0.4) is 0 Å². The van der Waals surface area contributed by atoms with E-state index in [9.17, 15) is 4.55 Å². The predicted octanol–water partition coefficient (Wildman–Crippen LogP) is 3.94. The number of ether oxygens (including phenoxy) is 1. The molecule has 1 unspecified atom stereocenters. The van der Waals surface area contributed by atoms with Crippen LogP contribution in [0.5, 0.6) is 0 Å². The molecule has 1 aromatic carbocycles. The van der Waals surface area contributed by atoms with Gasteiger partial charge >= 0.3 is 0 Å². The van der Waals surface area contributed by atoms with Gasteiger partial charge in [-0.1, -0.05) is 0 Å². The maximum Gasteiger partial charge on any atom is 0.152 e. The van der Waals surface area contributed by atoms with Crippen LogP contribution in [0.2, 0.25) is 0 Å². The fourth-order valence-corrected chi connectivity index (χ4v) is 4.87. The van der Waals surface area contributed by atoms with Gasteiger partial charge in [0.1, 0.15) is 23.5 Å². The van der Waals surface area contributed by atoms with Gasteiger partial charge < -0.3 is 14.2 Å². The fourth-order valence-electron chi connectivity index (χ4n) is 3.84. The van der Waals surface area contributed by atoms with E-state index in [0.29, 0.717) is 13.2 Å². The first-order valence-corrected chi connectivity index (χ1v) is 12.6. The van der Waals surface area contributed by atoms with Gasteiger partial charge in [0.2, 0.25) is 0 Å². The van der Waals surface area contributed by atoms with Gasteiger partial charge in [0, 0.05) is 19.0 Å². The molecule has 1 aliphatic rings. The quantitative estimate of drug-likeness (QED) is 0.431. The van der Waals surface area contributed by atoms with E-state index in [1.54, 1.807) is 13.3 Å². The smallest absolute Gasteiger partial charge is 0.152 e. The highest BCUT2D eigenvalue weighted by Gasteiger charge is 2.24. The van der Waals surface area contributed by atoms with E-state index in [4.69, 9.17) is 9.72 Å². The Labute approximate surface area is 190 Å². The van der Waals surface area contributed by atoms with Crippen LogP contribution < -0.4 is 4.90 Å². The third-order valence-electron chi connectivity index (χ3n) is 5.55. The number of hydrogen-bond acceptors (Lipinski definition) is 7. The summed E-state index contributed by atoms with van der Waals surface area (Å²) in [6, 6.07) is 12.3. The van der Waals surface area contributed by atoms with Gasteiger partial charge in [-0.3, -0.25) is 4.99 Å². The Morgan fingerprint density at radius 3 is 2.68 bits per heavy atom. The molecule has 1 fully saturated rings. The van der Waals surface area contributed by atoms with Gasteiger partial charge in [-0.15, -0.1) is 0 Å². The summed E-state index contributed by atoms with van der Waals surface area (Å²) in [4.78, 5) is 12.7. The number of anilines is 1. The highest BCUT2D eigenvalue weighted by molar-refractivity contribution is 7.90. The minimum absolute atomic E-state index is 0.232. The summed E-state index contributed by atoms with van der Waals surface area (Å²) >= 11 is 0.401. The van der Waals surface area contributed by atoms with Crippen LogP contribution in [-0.2, 0) is 15.9 Å². The number of aliphatic imine (C=N–C) groups is 1. The molecule has 0 saturated carbocycles. The number of rotatable bonds is 5. The summed E-state index contributed by atoms with van der Waals surface area (Å²) < 4.78 is 22.0. The minimum Gasteiger partial charge on any atom is -0.612 e. The van der Waals surface area contributed by atoms with Crippen LogP contribution in [0.15, 0.2) is 51.7 Å². The minimum atomic E-state index is -1.01. The second-order valence-corrected chi connectivity index (χ2v) is 9.60. The van der Waals surface area contributed by atoms with Gasteiger partial charge in [0.05, 0.1) is 24.9 Å². The number of aromatic nitrogens is 2. The van der Waals surface area contributed by atoms with Crippen molar-refractivity contribution in [3.8, 4) is 11.1 Å². The lowest BCUT2D eigenvalue weighted by atomic mass is 9.97. The van der Waals surface area contributed by atoms with Crippen LogP contribution in [0.1, 0.15) is 23.9 Å². The van der Waals surface area contributed by atoms with Crippen molar-refractivity contribution in [2.24, 2.45) is 4.99 Å². The molecule has 0 spiro atoms. The van der Waals surface area contributed by atoms with Crippen molar-refractivity contribution in [3.05, 3.63) is 58.7 Å². The Morgan fingerprint density at radius 2 is 2.06 bits per heavy atom. The lowest BCUT2D eigenvalue weighted by molar-refractivity contribution is 0.0985. The summed E-state index contributed by atoms with van der Waals surface area (Å²) in [7, 11) is 1.78. The van der Waals surface area contributed by atoms with Crippen molar-refractivity contribution in [2.75, 3.05) is 38.0 Å². The first-order valence-electron chi connectivity index (χ1n) is 10.2. The summed E-state index contributed by atoms with van der Waals surface area (Å²) in [6.07, 6.45) is 1.70. The first-order chi connectivity index (χ1) is 15.0. The van der Waals surface area contributed by atoms with Crippen LogP contribution in [0.4, 0.5) is 5.82 Å². The highest BCUT2D eigenvalue weighted by atomic mass is 32.2. The largest absolute Gasteiger partial charge is 0.612 e. The average Bonchev–Trinajstić information content (AvgIpc) is 3.30. The van der Waals surface area contributed by atoms with Gasteiger partial charge in [0.25, 0.3) is 0 Å². The van der Waals surface area contributed by atoms with E-state index >= 15 is 0 Å². The average molecular weight is 455 g/mol. The molecule has 0 N–H and O–H groups in total. The Kier molecular flexibility index (Phi) is 6.71. The van der Waals surface area contributed by atoms with Gasteiger partial charge in [-0.2, -0.15) is 4.37 Å². The summed E-state index contributed by atoms with van der Waals surface area (Å²) in [5, 5.41) is 1.95. The third kappa shape index (κ3) is 4.52. The predicted molar refractivity (Wildman–Crippen MR) is 128 cm³/mol. The Balaban J connectivity index is 1.88. The normalized spacial score (nSPS) is 18.3. The maximum absolute atomic E-state index is 11.8. The van der Waals surface area contributed by atoms with Crippen molar-refractivity contribution in [2.45, 2.75) is 24.8 Å². The molecular formula is C23H26N4O2S2. The molecule has 162 valence electrons. The van der Waals surface area contributed by atoms with E-state index in [2.05, 4.69) is 34.2 Å². The molecule has 0 amide bonds. The highest BCUT2D eigenvalue weighted by Crippen LogP contribution is 2.32. The summed E-state index contributed by atoms with van der Waals surface area (Å²) in [5.41, 5.74) is 5.65. The molecule has 1 saturated heterocycles. The molecule has 1 aliphatic heterocycles. The standard InChI is InChI=1S/C23H26N4O2S2/c1-15-14-29-11-10-27(15)21-13-19(17-5-7-18(8-6-17)31(4)28)16(2)22(25-21)23(24-3)20-9-12-30-26-20/h5-9,12-13,15H,10-11,14H2,1-4H3/b24-23-/t15-,31?/m1/s1. The van der Waals surface area contributed by atoms with Crippen LogP contribution in [0.25, 0.3) is 11.1 Å². The van der Waals surface area contributed by atoms with E-state index in [1.165, 1.54) is 11.5 Å². The molecule has 3 aromatic rings. The molecule has 4 rings (SSSR count). The van der Waals surface area contributed by atoms with Crippen LogP contribution in [-0.4, -0.2) is 58.7 Å². The lowest BCUT2D eigenvalue weighted by Gasteiger charge is -2.35. The van der Waals surface area contributed by atoms with Crippen molar-refractivity contribution >= 4 is 34.2 Å². The second kappa shape index (κ2) is 9.48. The van der Waals surface area contributed by atoms with Gasteiger partial charge in [-0.25, -0.2) is 4.98 Å². The third-order valence-corrected chi connectivity index (χ3v) is 7.04. The first kappa shape index (κ1) is 22.0. The summed E-state index contributed by atoms with van der Waals surface area (Å²) in [5.74, 6) is 0.908. The van der Waals surface area contributed by atoms with Crippen LogP contribution in [0, 0.1) is 6.92 Å². The van der Waals surface area contributed by atoms with Gasteiger partial charge in [-0.05, 0) is 89.6 Å². The fraction of sp³-hybridized carbons (Fsp3) is 0.348. The van der Waals surface area contributed by atoms with Gasteiger partial charge in [0.15, 0.2) is 4.90 Å². The van der Waals surface area contributed by atoms with Crippen LogP contribution >= 0.6 is 11.5 Å². The van der Waals surface area contributed by atoms with E-state index in [0.717, 1.165) is 51.0 Å². The number of nitrogens with zero attached hydrogens (tertiary/aromatic N) is 4. The van der Waals surface area contributed by atoms with Crippen molar-refractivity contribution < 1.29 is 9.29 Å². The Bertz CT molecular complexity index is 1070. The molecule has 6 nitrogen and oxygen atoms in total. The molecular weight excluding hydrogens is 428 g/mol. The molecule has 8 heteroatoms. The molecule has 0 radical (unpaired) electrons. The van der Waals surface area contributed by atoms with E-state index in [-0.39, 0.29) is 6.04 Å². The van der Waals surface area contributed by atoms with Crippen molar-refractivity contribution in [1.82, 2.24) is 9.36 Å². The lowest BCUT2D eigenvalue weighted by Crippen LogP contribution is -2.44. The molecule has 31 heavy (non-hydrogen) atoms. The SMILES string of the molecule is C/N=C(/c1ccsn1)c1nc(N2CCOC[C@H]2C)cc(-c2ccc([S+](C)[O-])cc2)c1C. The second-order valence-electron chi connectivity index (χ2n) is 7.55. The number of benzene rings is 1. The zero-order chi connectivity index (χ0) is 22.0. The topological polar surface area (TPSA) is 73.7 Å². The number of morpholine rings is 1. The molecule has 0 bridgehead atoms. The molecule has 0 aliphatic carbocycles. The Hall–Kier alpha value is -2.26. The molecule has 2 atom stereocenters. The zero-order valence-corrected chi connectivity index (χ0v) is 19.8. The monoisotopic (exact) mass is 454 g/mol. The zero-order valence-electron chi connectivity index (χ0n) is 18.2. The van der Waals surface area contributed by atoms with E-state index < -0.39 is 11.2 Å². The summed E-state index contributed by atoms with van der Waals surface area (Å²) in [6.45, 7) is 6.38. The molecule has 2 aromatic heterocycles. The Morgan fingerprint density at radius 1 is 1.29 bits per heavy atom. The molecule has 3 heterocycles. The maximum atomic E-state index is 11.8. The van der Waals surface area contributed by atoms with Crippen molar-refractivity contribution in [3.63, 3.8) is 0 Å². The number of pyridine rings is 1. The van der Waals surface area contributed by atoms with Crippen molar-refractivity contribution in [1.29, 1.82) is 0 Å². The number of hydrogen-bond donors (Lipinski definition) is 0.